The fourth-order valence-electron chi connectivity index (χ4n) is 1.24. The second-order valence-corrected chi connectivity index (χ2v) is 4.81. The topological polar surface area (TPSA) is 75.6 Å². The summed E-state index contributed by atoms with van der Waals surface area (Å²) in [6.07, 6.45) is 2.80. The molecule has 0 unspecified atom stereocenters. The van der Waals surface area contributed by atoms with E-state index in [1.54, 1.807) is 23.0 Å². The maximum atomic E-state index is 5.84. The summed E-state index contributed by atoms with van der Waals surface area (Å²) in [6.45, 7) is 3.49. The molecule has 2 aromatic heterocycles. The Hall–Kier alpha value is -1.47. The molecule has 0 radical (unpaired) electrons. The largest absolute Gasteiger partial charge is 0.354 e. The normalized spacial score (nSPS) is 10.3. The molecule has 2 aromatic rings. The van der Waals surface area contributed by atoms with Gasteiger partial charge in [-0.05, 0) is 18.0 Å². The summed E-state index contributed by atoms with van der Waals surface area (Å²) in [5, 5.41) is 6.34. The van der Waals surface area contributed by atoms with E-state index >= 15 is 0 Å². The molecule has 0 spiro atoms. The van der Waals surface area contributed by atoms with Gasteiger partial charge in [0.15, 0.2) is 0 Å². The van der Waals surface area contributed by atoms with Crippen molar-refractivity contribution in [3.8, 4) is 0 Å². The minimum absolute atomic E-state index is 0.176. The van der Waals surface area contributed by atoms with Gasteiger partial charge in [-0.25, -0.2) is 0 Å². The third kappa shape index (κ3) is 3.78. The Balaban J connectivity index is 2.00. The average molecular weight is 285 g/mol. The van der Waals surface area contributed by atoms with Gasteiger partial charge >= 0.3 is 0 Å². The third-order valence-corrected chi connectivity index (χ3v) is 2.99. The van der Waals surface area contributed by atoms with E-state index in [-0.39, 0.29) is 5.28 Å². The van der Waals surface area contributed by atoms with Crippen LogP contribution in [0.25, 0.3) is 0 Å². The molecule has 0 aliphatic heterocycles. The van der Waals surface area contributed by atoms with Gasteiger partial charge < -0.3 is 10.6 Å². The molecule has 96 valence electrons. The van der Waals surface area contributed by atoms with Gasteiger partial charge in [0.1, 0.15) is 0 Å². The molecule has 0 aliphatic carbocycles. The molecular weight excluding hydrogens is 272 g/mol. The van der Waals surface area contributed by atoms with Crippen LogP contribution in [0.1, 0.15) is 18.2 Å². The summed E-state index contributed by atoms with van der Waals surface area (Å²) >= 11 is 7.41. The van der Waals surface area contributed by atoms with E-state index in [2.05, 4.69) is 37.5 Å². The lowest BCUT2D eigenvalue weighted by atomic mass is 10.5. The number of thiazole rings is 1. The van der Waals surface area contributed by atoms with Crippen molar-refractivity contribution in [2.75, 3.05) is 17.2 Å². The molecule has 8 heteroatoms. The van der Waals surface area contributed by atoms with E-state index in [0.29, 0.717) is 18.4 Å². The van der Waals surface area contributed by atoms with E-state index in [0.717, 1.165) is 17.8 Å². The van der Waals surface area contributed by atoms with Crippen LogP contribution in [0.3, 0.4) is 0 Å². The van der Waals surface area contributed by atoms with Crippen LogP contribution in [0.2, 0.25) is 5.28 Å². The first-order valence-corrected chi connectivity index (χ1v) is 6.80. The first kappa shape index (κ1) is 13.0. The lowest BCUT2D eigenvalue weighted by Gasteiger charge is -2.06. The molecule has 0 amide bonds. The highest BCUT2D eigenvalue weighted by Crippen LogP contribution is 2.12. The summed E-state index contributed by atoms with van der Waals surface area (Å²) in [6, 6.07) is 0. The molecule has 2 rings (SSSR count). The highest BCUT2D eigenvalue weighted by Gasteiger charge is 2.04. The van der Waals surface area contributed by atoms with Crippen LogP contribution in [0, 0.1) is 0 Å². The Morgan fingerprint density at radius 1 is 1.22 bits per heavy atom. The van der Waals surface area contributed by atoms with Crippen LogP contribution in [0.15, 0.2) is 11.7 Å². The van der Waals surface area contributed by atoms with Crippen LogP contribution in [-0.4, -0.2) is 26.5 Å². The van der Waals surface area contributed by atoms with Crippen molar-refractivity contribution in [1.29, 1.82) is 0 Å². The SMILES string of the molecule is CCCNc1nc(Cl)nc(NCc2cncs2)n1. The monoisotopic (exact) mass is 284 g/mol. The number of nitrogens with one attached hydrogen (secondary N) is 2. The molecule has 0 atom stereocenters. The first-order chi connectivity index (χ1) is 8.78. The number of hydrogen-bond donors (Lipinski definition) is 2. The molecule has 0 bridgehead atoms. The predicted molar refractivity (Wildman–Crippen MR) is 73.1 cm³/mol. The van der Waals surface area contributed by atoms with Crippen LogP contribution in [0.5, 0.6) is 0 Å². The standard InChI is InChI=1S/C10H13ClN6S/c1-2-3-13-9-15-8(11)16-10(17-9)14-5-7-4-12-6-18-7/h4,6H,2-3,5H2,1H3,(H2,13,14,15,16,17). The lowest BCUT2D eigenvalue weighted by molar-refractivity contribution is 0.933. The Morgan fingerprint density at radius 2 is 2.00 bits per heavy atom. The van der Waals surface area contributed by atoms with E-state index in [4.69, 9.17) is 11.6 Å². The zero-order valence-electron chi connectivity index (χ0n) is 9.85. The van der Waals surface area contributed by atoms with E-state index in [1.165, 1.54) is 0 Å². The minimum atomic E-state index is 0.176. The van der Waals surface area contributed by atoms with Crippen molar-refractivity contribution in [1.82, 2.24) is 19.9 Å². The fraction of sp³-hybridized carbons (Fsp3) is 0.400. The van der Waals surface area contributed by atoms with E-state index < -0.39 is 0 Å². The third-order valence-electron chi connectivity index (χ3n) is 2.05. The summed E-state index contributed by atoms with van der Waals surface area (Å²) in [4.78, 5) is 17.3. The highest BCUT2D eigenvalue weighted by atomic mass is 35.5. The Morgan fingerprint density at radius 3 is 2.67 bits per heavy atom. The van der Waals surface area contributed by atoms with Gasteiger partial charge in [-0.2, -0.15) is 15.0 Å². The molecule has 0 aliphatic rings. The summed E-state index contributed by atoms with van der Waals surface area (Å²) in [5.41, 5.74) is 1.78. The van der Waals surface area contributed by atoms with Crippen molar-refractivity contribution in [3.63, 3.8) is 0 Å². The van der Waals surface area contributed by atoms with Gasteiger partial charge in [0.2, 0.25) is 17.2 Å². The van der Waals surface area contributed by atoms with Gasteiger partial charge in [0.05, 0.1) is 12.1 Å². The van der Waals surface area contributed by atoms with Gasteiger partial charge in [-0.3, -0.25) is 4.98 Å². The average Bonchev–Trinajstić information content (AvgIpc) is 2.86. The lowest BCUT2D eigenvalue weighted by Crippen LogP contribution is -2.09. The fourth-order valence-corrected chi connectivity index (χ4v) is 1.94. The number of rotatable bonds is 6. The Bertz CT molecular complexity index is 489. The predicted octanol–water partition coefficient (Wildman–Crippen LogP) is 2.42. The maximum Gasteiger partial charge on any atom is 0.229 e. The second-order valence-electron chi connectivity index (χ2n) is 3.50. The number of halogens is 1. The van der Waals surface area contributed by atoms with Crippen LogP contribution < -0.4 is 10.6 Å². The zero-order valence-corrected chi connectivity index (χ0v) is 11.4. The zero-order chi connectivity index (χ0) is 12.8. The summed E-state index contributed by atoms with van der Waals surface area (Å²) < 4.78 is 0. The van der Waals surface area contributed by atoms with Crippen molar-refractivity contribution in [2.45, 2.75) is 19.9 Å². The van der Waals surface area contributed by atoms with Crippen molar-refractivity contribution in [3.05, 3.63) is 21.9 Å². The number of hydrogen-bond acceptors (Lipinski definition) is 7. The molecule has 6 nitrogen and oxygen atoms in total. The van der Waals surface area contributed by atoms with E-state index in [1.807, 2.05) is 0 Å². The molecule has 0 aromatic carbocycles. The molecule has 2 N–H and O–H groups in total. The van der Waals surface area contributed by atoms with Crippen molar-refractivity contribution >= 4 is 34.8 Å². The molecule has 0 saturated carbocycles. The number of nitrogens with zero attached hydrogens (tertiary/aromatic N) is 4. The molecular formula is C10H13ClN6S. The smallest absolute Gasteiger partial charge is 0.229 e. The van der Waals surface area contributed by atoms with Crippen LogP contribution in [-0.2, 0) is 6.54 Å². The number of aromatic nitrogens is 4. The molecule has 0 saturated heterocycles. The highest BCUT2D eigenvalue weighted by molar-refractivity contribution is 7.09. The number of anilines is 2. The molecule has 0 fully saturated rings. The Labute approximate surface area is 114 Å². The minimum Gasteiger partial charge on any atom is -0.354 e. The van der Waals surface area contributed by atoms with E-state index in [9.17, 15) is 0 Å². The quantitative estimate of drug-likeness (QED) is 0.848. The van der Waals surface area contributed by atoms with Gasteiger partial charge in [0, 0.05) is 17.6 Å². The van der Waals surface area contributed by atoms with Crippen molar-refractivity contribution in [2.24, 2.45) is 0 Å². The molecule has 18 heavy (non-hydrogen) atoms. The summed E-state index contributed by atoms with van der Waals surface area (Å²) in [5.74, 6) is 0.950. The van der Waals surface area contributed by atoms with Gasteiger partial charge in [-0.15, -0.1) is 11.3 Å². The molecule has 2 heterocycles. The van der Waals surface area contributed by atoms with Crippen LogP contribution >= 0.6 is 22.9 Å². The summed E-state index contributed by atoms with van der Waals surface area (Å²) in [7, 11) is 0. The second kappa shape index (κ2) is 6.46. The van der Waals surface area contributed by atoms with Crippen LogP contribution in [0.4, 0.5) is 11.9 Å². The van der Waals surface area contributed by atoms with Crippen molar-refractivity contribution < 1.29 is 0 Å². The maximum absolute atomic E-state index is 5.84. The van der Waals surface area contributed by atoms with Gasteiger partial charge in [0.25, 0.3) is 0 Å². The van der Waals surface area contributed by atoms with Gasteiger partial charge in [-0.1, -0.05) is 6.92 Å². The first-order valence-electron chi connectivity index (χ1n) is 5.54. The Kier molecular flexibility index (Phi) is 4.66.